The van der Waals surface area contributed by atoms with E-state index in [2.05, 4.69) is 9.97 Å². The molecule has 0 aliphatic heterocycles. The summed E-state index contributed by atoms with van der Waals surface area (Å²) < 4.78 is 13.5. The fourth-order valence-electron chi connectivity index (χ4n) is 2.09. The topological polar surface area (TPSA) is 25.8 Å². The average molecular weight is 307 g/mol. The third-order valence-corrected chi connectivity index (χ3v) is 3.52. The monoisotopic (exact) mass is 306 g/mol. The molecule has 2 aromatic carbocycles. The summed E-state index contributed by atoms with van der Waals surface area (Å²) in [5.41, 5.74) is 2.02. The number of halogens is 3. The minimum Gasteiger partial charge on any atom is -0.228 e. The molecule has 100 valence electrons. The normalized spacial score (nSPS) is 11.0. The first kappa shape index (κ1) is 13.3. The van der Waals surface area contributed by atoms with E-state index < -0.39 is 0 Å². The minimum atomic E-state index is -0.328. The molecule has 0 fully saturated rings. The summed E-state index contributed by atoms with van der Waals surface area (Å²) in [6, 6.07) is 9.95. The number of aromatic nitrogens is 2. The van der Waals surface area contributed by atoms with Gasteiger partial charge < -0.3 is 0 Å². The predicted molar refractivity (Wildman–Crippen MR) is 79.7 cm³/mol. The maximum atomic E-state index is 13.5. The zero-order valence-corrected chi connectivity index (χ0v) is 12.0. The summed E-state index contributed by atoms with van der Waals surface area (Å²) in [7, 11) is 0. The Morgan fingerprint density at radius 1 is 1.05 bits per heavy atom. The highest BCUT2D eigenvalue weighted by Crippen LogP contribution is 2.30. The SMILES string of the molecule is Cc1cc(F)cc(-c2nc(Cl)c3c(Cl)cccc3n2)c1. The van der Waals surface area contributed by atoms with E-state index in [1.165, 1.54) is 12.1 Å². The van der Waals surface area contributed by atoms with Gasteiger partial charge in [-0.2, -0.15) is 0 Å². The minimum absolute atomic E-state index is 0.262. The molecule has 5 heteroatoms. The van der Waals surface area contributed by atoms with E-state index in [0.717, 1.165) is 5.56 Å². The van der Waals surface area contributed by atoms with Crippen molar-refractivity contribution >= 4 is 34.1 Å². The molecule has 2 nitrogen and oxygen atoms in total. The number of hydrogen-bond acceptors (Lipinski definition) is 2. The fourth-order valence-corrected chi connectivity index (χ4v) is 2.68. The molecule has 0 aliphatic rings. The van der Waals surface area contributed by atoms with Crippen molar-refractivity contribution in [1.29, 1.82) is 0 Å². The number of benzene rings is 2. The second kappa shape index (κ2) is 5.00. The predicted octanol–water partition coefficient (Wildman–Crippen LogP) is 5.05. The van der Waals surface area contributed by atoms with Crippen molar-refractivity contribution in [3.05, 3.63) is 58.0 Å². The van der Waals surface area contributed by atoms with Crippen LogP contribution in [0.15, 0.2) is 36.4 Å². The Kier molecular flexibility index (Phi) is 3.32. The van der Waals surface area contributed by atoms with Gasteiger partial charge in [0, 0.05) is 5.56 Å². The van der Waals surface area contributed by atoms with Crippen molar-refractivity contribution in [2.75, 3.05) is 0 Å². The highest BCUT2D eigenvalue weighted by molar-refractivity contribution is 6.41. The highest BCUT2D eigenvalue weighted by atomic mass is 35.5. The summed E-state index contributed by atoms with van der Waals surface area (Å²) in [5, 5.41) is 1.36. The highest BCUT2D eigenvalue weighted by Gasteiger charge is 2.11. The van der Waals surface area contributed by atoms with Crippen LogP contribution in [0.4, 0.5) is 4.39 Å². The second-order valence-electron chi connectivity index (χ2n) is 4.49. The lowest BCUT2D eigenvalue weighted by molar-refractivity contribution is 0.627. The lowest BCUT2D eigenvalue weighted by Gasteiger charge is -2.07. The van der Waals surface area contributed by atoms with Crippen molar-refractivity contribution < 1.29 is 4.39 Å². The van der Waals surface area contributed by atoms with Crippen LogP contribution in [0.5, 0.6) is 0 Å². The maximum Gasteiger partial charge on any atom is 0.161 e. The van der Waals surface area contributed by atoms with E-state index in [-0.39, 0.29) is 11.0 Å². The molecule has 0 amide bonds. The van der Waals surface area contributed by atoms with Crippen LogP contribution in [0.2, 0.25) is 10.2 Å². The molecule has 3 rings (SSSR count). The first-order chi connectivity index (χ1) is 9.54. The lowest BCUT2D eigenvalue weighted by Crippen LogP contribution is -1.93. The van der Waals surface area contributed by atoms with Gasteiger partial charge in [-0.25, -0.2) is 14.4 Å². The van der Waals surface area contributed by atoms with Gasteiger partial charge in [-0.15, -0.1) is 0 Å². The Balaban J connectivity index is 2.27. The summed E-state index contributed by atoms with van der Waals surface area (Å²) >= 11 is 12.3. The van der Waals surface area contributed by atoms with Crippen LogP contribution in [0.25, 0.3) is 22.3 Å². The Hall–Kier alpha value is -1.71. The van der Waals surface area contributed by atoms with E-state index in [9.17, 15) is 4.39 Å². The van der Waals surface area contributed by atoms with E-state index in [0.29, 0.717) is 27.3 Å². The van der Waals surface area contributed by atoms with Gasteiger partial charge in [-0.05, 0) is 42.8 Å². The van der Waals surface area contributed by atoms with Gasteiger partial charge in [0.05, 0.1) is 15.9 Å². The van der Waals surface area contributed by atoms with Crippen molar-refractivity contribution in [3.8, 4) is 11.4 Å². The van der Waals surface area contributed by atoms with Gasteiger partial charge in [0.2, 0.25) is 0 Å². The van der Waals surface area contributed by atoms with Crippen LogP contribution < -0.4 is 0 Å². The molecule has 0 N–H and O–H groups in total. The number of fused-ring (bicyclic) bond motifs is 1. The van der Waals surface area contributed by atoms with Crippen molar-refractivity contribution in [1.82, 2.24) is 9.97 Å². The fraction of sp³-hybridized carbons (Fsp3) is 0.0667. The first-order valence-corrected chi connectivity index (χ1v) is 6.69. The zero-order valence-electron chi connectivity index (χ0n) is 10.5. The molecular formula is C15H9Cl2FN2. The summed E-state index contributed by atoms with van der Waals surface area (Å²) in [6.45, 7) is 1.81. The molecular weight excluding hydrogens is 298 g/mol. The molecule has 1 aromatic heterocycles. The van der Waals surface area contributed by atoms with E-state index >= 15 is 0 Å². The third-order valence-electron chi connectivity index (χ3n) is 2.93. The maximum absolute atomic E-state index is 13.5. The quantitative estimate of drug-likeness (QED) is 0.588. The Labute approximate surface area is 125 Å². The molecule has 0 aliphatic carbocycles. The summed E-state index contributed by atoms with van der Waals surface area (Å²) in [4.78, 5) is 8.62. The zero-order chi connectivity index (χ0) is 14.3. The lowest BCUT2D eigenvalue weighted by atomic mass is 10.1. The Bertz CT molecular complexity index is 798. The molecule has 20 heavy (non-hydrogen) atoms. The molecule has 3 aromatic rings. The van der Waals surface area contributed by atoms with E-state index in [4.69, 9.17) is 23.2 Å². The van der Waals surface area contributed by atoms with Crippen molar-refractivity contribution in [3.63, 3.8) is 0 Å². The molecule has 0 spiro atoms. The van der Waals surface area contributed by atoms with Crippen LogP contribution >= 0.6 is 23.2 Å². The largest absolute Gasteiger partial charge is 0.228 e. The standard InChI is InChI=1S/C15H9Cl2FN2/c1-8-5-9(7-10(18)6-8)15-19-12-4-2-3-11(16)13(12)14(17)20-15/h2-7H,1H3. The van der Waals surface area contributed by atoms with Gasteiger partial charge in [0.15, 0.2) is 5.82 Å². The number of aryl methyl sites for hydroxylation is 1. The van der Waals surface area contributed by atoms with Crippen molar-refractivity contribution in [2.24, 2.45) is 0 Å². The average Bonchev–Trinajstić information content (AvgIpc) is 2.37. The number of rotatable bonds is 1. The van der Waals surface area contributed by atoms with Crippen LogP contribution in [0.3, 0.4) is 0 Å². The molecule has 0 saturated heterocycles. The van der Waals surface area contributed by atoms with Crippen LogP contribution in [0, 0.1) is 12.7 Å². The van der Waals surface area contributed by atoms with Crippen LogP contribution in [0.1, 0.15) is 5.56 Å². The number of hydrogen-bond donors (Lipinski definition) is 0. The Morgan fingerprint density at radius 2 is 1.85 bits per heavy atom. The van der Waals surface area contributed by atoms with Gasteiger partial charge in [0.25, 0.3) is 0 Å². The molecule has 0 atom stereocenters. The van der Waals surface area contributed by atoms with Crippen LogP contribution in [-0.2, 0) is 0 Å². The number of nitrogens with zero attached hydrogens (tertiary/aromatic N) is 2. The van der Waals surface area contributed by atoms with Gasteiger partial charge in [-0.3, -0.25) is 0 Å². The smallest absolute Gasteiger partial charge is 0.161 e. The first-order valence-electron chi connectivity index (χ1n) is 5.94. The van der Waals surface area contributed by atoms with Gasteiger partial charge in [-0.1, -0.05) is 29.3 Å². The van der Waals surface area contributed by atoms with E-state index in [1.807, 2.05) is 13.0 Å². The van der Waals surface area contributed by atoms with Gasteiger partial charge in [0.1, 0.15) is 11.0 Å². The second-order valence-corrected chi connectivity index (χ2v) is 5.25. The molecule has 0 radical (unpaired) electrons. The summed E-state index contributed by atoms with van der Waals surface area (Å²) in [5.74, 6) is 0.0540. The van der Waals surface area contributed by atoms with Gasteiger partial charge >= 0.3 is 0 Å². The Morgan fingerprint density at radius 3 is 2.60 bits per heavy atom. The molecule has 0 bridgehead atoms. The molecule has 1 heterocycles. The molecule has 0 unspecified atom stereocenters. The molecule has 0 saturated carbocycles. The third kappa shape index (κ3) is 2.35. The van der Waals surface area contributed by atoms with Crippen molar-refractivity contribution in [2.45, 2.75) is 6.92 Å². The van der Waals surface area contributed by atoms with E-state index in [1.54, 1.807) is 18.2 Å². The van der Waals surface area contributed by atoms with Crippen LogP contribution in [-0.4, -0.2) is 9.97 Å². The summed E-state index contributed by atoms with van der Waals surface area (Å²) in [6.07, 6.45) is 0.